The minimum absolute atomic E-state index is 0.0899. The SMILES string of the molecule is COc1ccc(NC(=O)c2c(/N=C/c3cccs3)sc3c2CCC3)cc1. The van der Waals surface area contributed by atoms with E-state index >= 15 is 0 Å². The van der Waals surface area contributed by atoms with Gasteiger partial charge in [0.25, 0.3) is 5.91 Å². The highest BCUT2D eigenvalue weighted by molar-refractivity contribution is 7.16. The molecule has 0 bridgehead atoms. The highest BCUT2D eigenvalue weighted by Crippen LogP contribution is 2.41. The largest absolute Gasteiger partial charge is 0.497 e. The summed E-state index contributed by atoms with van der Waals surface area (Å²) in [6.45, 7) is 0. The second kappa shape index (κ2) is 7.43. The molecule has 0 unspecified atom stereocenters. The van der Waals surface area contributed by atoms with Gasteiger partial charge >= 0.3 is 0 Å². The fourth-order valence-electron chi connectivity index (χ4n) is 3.07. The molecule has 0 atom stereocenters. The number of aliphatic imine (C=N–C) groups is 1. The molecule has 2 aromatic heterocycles. The van der Waals surface area contributed by atoms with Gasteiger partial charge in [0.1, 0.15) is 10.8 Å². The number of benzene rings is 1. The number of methoxy groups -OCH3 is 1. The lowest BCUT2D eigenvalue weighted by Crippen LogP contribution is -2.13. The zero-order chi connectivity index (χ0) is 17.9. The Morgan fingerprint density at radius 2 is 2.08 bits per heavy atom. The number of carbonyl (C=O) groups is 1. The number of hydrogen-bond donors (Lipinski definition) is 1. The van der Waals surface area contributed by atoms with Crippen LogP contribution >= 0.6 is 22.7 Å². The topological polar surface area (TPSA) is 50.7 Å². The van der Waals surface area contributed by atoms with Crippen LogP contribution in [0.25, 0.3) is 0 Å². The zero-order valence-corrected chi connectivity index (χ0v) is 16.0. The Labute approximate surface area is 160 Å². The Bertz CT molecular complexity index is 941. The Balaban J connectivity index is 1.62. The van der Waals surface area contributed by atoms with Crippen LogP contribution in [0.5, 0.6) is 5.75 Å². The van der Waals surface area contributed by atoms with E-state index in [4.69, 9.17) is 4.74 Å². The van der Waals surface area contributed by atoms with E-state index in [2.05, 4.69) is 10.3 Å². The van der Waals surface area contributed by atoms with Crippen molar-refractivity contribution < 1.29 is 9.53 Å². The van der Waals surface area contributed by atoms with Gasteiger partial charge in [-0.1, -0.05) is 6.07 Å². The van der Waals surface area contributed by atoms with Crippen LogP contribution in [0.2, 0.25) is 0 Å². The number of fused-ring (bicyclic) bond motifs is 1. The fraction of sp³-hybridized carbons (Fsp3) is 0.200. The van der Waals surface area contributed by atoms with Crippen LogP contribution in [-0.4, -0.2) is 19.2 Å². The van der Waals surface area contributed by atoms with E-state index in [1.54, 1.807) is 29.8 Å². The second-order valence-corrected chi connectivity index (χ2v) is 8.06. The molecule has 132 valence electrons. The van der Waals surface area contributed by atoms with E-state index in [1.807, 2.05) is 48.0 Å². The molecule has 4 rings (SSSR count). The van der Waals surface area contributed by atoms with Gasteiger partial charge in [0.2, 0.25) is 0 Å². The molecule has 0 aliphatic heterocycles. The molecule has 1 aliphatic carbocycles. The molecule has 1 amide bonds. The van der Waals surface area contributed by atoms with Gasteiger partial charge in [-0.2, -0.15) is 0 Å². The van der Waals surface area contributed by atoms with Gasteiger partial charge in [0, 0.05) is 21.7 Å². The number of aryl methyl sites for hydroxylation is 1. The predicted octanol–water partition coefficient (Wildman–Crippen LogP) is 5.31. The third-order valence-corrected chi connectivity index (χ3v) is 6.34. The standard InChI is InChI=1S/C20H18N2O2S2/c1-24-14-9-7-13(8-10-14)22-19(23)18-16-5-2-6-17(16)26-20(18)21-12-15-4-3-11-25-15/h3-4,7-12H,2,5-6H2,1H3,(H,22,23)/b21-12+. The lowest BCUT2D eigenvalue weighted by molar-refractivity contribution is 0.102. The number of nitrogens with zero attached hydrogens (tertiary/aromatic N) is 1. The summed E-state index contributed by atoms with van der Waals surface area (Å²) in [7, 11) is 1.63. The lowest BCUT2D eigenvalue weighted by Gasteiger charge is -2.07. The molecule has 2 heterocycles. The Hall–Kier alpha value is -2.44. The number of thiophene rings is 2. The molecule has 0 saturated carbocycles. The highest BCUT2D eigenvalue weighted by Gasteiger charge is 2.26. The van der Waals surface area contributed by atoms with E-state index in [-0.39, 0.29) is 5.91 Å². The summed E-state index contributed by atoms with van der Waals surface area (Å²) in [5, 5.41) is 5.82. The summed E-state index contributed by atoms with van der Waals surface area (Å²) in [4.78, 5) is 20.0. The number of nitrogens with one attached hydrogen (secondary N) is 1. The van der Waals surface area contributed by atoms with Crippen molar-refractivity contribution in [2.24, 2.45) is 4.99 Å². The van der Waals surface area contributed by atoms with Gasteiger partial charge in [-0.25, -0.2) is 4.99 Å². The maximum absolute atomic E-state index is 13.0. The number of anilines is 1. The second-order valence-electron chi connectivity index (χ2n) is 5.99. The van der Waals surface area contributed by atoms with Crippen molar-refractivity contribution >= 4 is 45.5 Å². The van der Waals surface area contributed by atoms with Crippen molar-refractivity contribution in [3.8, 4) is 5.75 Å². The first-order chi connectivity index (χ1) is 12.7. The average molecular weight is 383 g/mol. The van der Waals surface area contributed by atoms with E-state index in [1.165, 1.54) is 10.4 Å². The van der Waals surface area contributed by atoms with Crippen molar-refractivity contribution in [3.63, 3.8) is 0 Å². The molecule has 0 fully saturated rings. The lowest BCUT2D eigenvalue weighted by atomic mass is 10.1. The molecule has 6 heteroatoms. The van der Waals surface area contributed by atoms with Crippen LogP contribution < -0.4 is 10.1 Å². The zero-order valence-electron chi connectivity index (χ0n) is 14.3. The number of hydrogen-bond acceptors (Lipinski definition) is 5. The van der Waals surface area contributed by atoms with Crippen molar-refractivity contribution in [3.05, 3.63) is 62.7 Å². The van der Waals surface area contributed by atoms with Gasteiger partial charge in [0.05, 0.1) is 12.7 Å². The quantitative estimate of drug-likeness (QED) is 0.608. The van der Waals surface area contributed by atoms with Gasteiger partial charge in [-0.15, -0.1) is 22.7 Å². The molecule has 3 aromatic rings. The monoisotopic (exact) mass is 382 g/mol. The van der Waals surface area contributed by atoms with Gasteiger partial charge in [0.15, 0.2) is 0 Å². The van der Waals surface area contributed by atoms with E-state index in [0.717, 1.165) is 46.1 Å². The summed E-state index contributed by atoms with van der Waals surface area (Å²) >= 11 is 3.28. The Kier molecular flexibility index (Phi) is 4.86. The minimum Gasteiger partial charge on any atom is -0.497 e. The first-order valence-corrected chi connectivity index (χ1v) is 10.1. The number of rotatable bonds is 5. The summed E-state index contributed by atoms with van der Waals surface area (Å²) in [5.41, 5.74) is 2.65. The summed E-state index contributed by atoms with van der Waals surface area (Å²) < 4.78 is 5.16. The molecule has 1 aromatic carbocycles. The third-order valence-electron chi connectivity index (χ3n) is 4.33. The molecule has 0 radical (unpaired) electrons. The van der Waals surface area contributed by atoms with Crippen LogP contribution in [0.1, 0.15) is 32.1 Å². The predicted molar refractivity (Wildman–Crippen MR) is 109 cm³/mol. The summed E-state index contributed by atoms with van der Waals surface area (Å²) in [6.07, 6.45) is 4.94. The maximum Gasteiger partial charge on any atom is 0.259 e. The van der Waals surface area contributed by atoms with Crippen molar-refractivity contribution in [2.45, 2.75) is 19.3 Å². The summed E-state index contributed by atoms with van der Waals surface area (Å²) in [5.74, 6) is 0.675. The van der Waals surface area contributed by atoms with Crippen LogP contribution in [-0.2, 0) is 12.8 Å². The fourth-order valence-corrected chi connectivity index (χ4v) is 4.89. The molecule has 0 spiro atoms. The maximum atomic E-state index is 13.0. The smallest absolute Gasteiger partial charge is 0.259 e. The Morgan fingerprint density at radius 1 is 1.23 bits per heavy atom. The number of ether oxygens (including phenoxy) is 1. The third kappa shape index (κ3) is 3.43. The molecule has 4 nitrogen and oxygen atoms in total. The average Bonchev–Trinajstić information content (AvgIpc) is 3.37. The molecule has 26 heavy (non-hydrogen) atoms. The number of carbonyl (C=O) groups excluding carboxylic acids is 1. The van der Waals surface area contributed by atoms with Crippen molar-refractivity contribution in [2.75, 3.05) is 12.4 Å². The van der Waals surface area contributed by atoms with Crippen LogP contribution in [0.15, 0.2) is 46.8 Å². The van der Waals surface area contributed by atoms with Gasteiger partial charge < -0.3 is 10.1 Å². The van der Waals surface area contributed by atoms with Crippen LogP contribution in [0.3, 0.4) is 0 Å². The van der Waals surface area contributed by atoms with Crippen molar-refractivity contribution in [1.82, 2.24) is 0 Å². The highest BCUT2D eigenvalue weighted by atomic mass is 32.1. The molecule has 1 aliphatic rings. The van der Waals surface area contributed by atoms with E-state index in [0.29, 0.717) is 0 Å². The molecule has 0 saturated heterocycles. The van der Waals surface area contributed by atoms with Crippen LogP contribution in [0.4, 0.5) is 10.7 Å². The van der Waals surface area contributed by atoms with Gasteiger partial charge in [-0.3, -0.25) is 4.79 Å². The first-order valence-electron chi connectivity index (χ1n) is 8.42. The van der Waals surface area contributed by atoms with Gasteiger partial charge in [-0.05, 0) is 60.5 Å². The number of amides is 1. The van der Waals surface area contributed by atoms with E-state index in [9.17, 15) is 4.79 Å². The molecular weight excluding hydrogens is 364 g/mol. The Morgan fingerprint density at radius 3 is 2.81 bits per heavy atom. The summed E-state index contributed by atoms with van der Waals surface area (Å²) in [6, 6.07) is 11.4. The normalized spacial score (nSPS) is 13.1. The van der Waals surface area contributed by atoms with Crippen LogP contribution in [0, 0.1) is 0 Å². The first kappa shape index (κ1) is 17.0. The molecular formula is C20H18N2O2S2. The van der Waals surface area contributed by atoms with Crippen molar-refractivity contribution in [1.29, 1.82) is 0 Å². The van der Waals surface area contributed by atoms with E-state index < -0.39 is 0 Å². The molecule has 1 N–H and O–H groups in total. The minimum atomic E-state index is -0.0899.